The van der Waals surface area contributed by atoms with E-state index in [4.69, 9.17) is 44.3 Å². The van der Waals surface area contributed by atoms with E-state index in [0.717, 1.165) is 4.90 Å². The molecule has 138 valence electrons. The van der Waals surface area contributed by atoms with E-state index in [1.165, 1.54) is 12.1 Å². The van der Waals surface area contributed by atoms with Crippen LogP contribution in [-0.4, -0.2) is 46.4 Å². The highest BCUT2D eigenvalue weighted by molar-refractivity contribution is 6.43. The summed E-state index contributed by atoms with van der Waals surface area (Å²) in [5.74, 6) is -0.853. The molecule has 1 heterocycles. The Morgan fingerprint density at radius 3 is 2.32 bits per heavy atom. The molecule has 25 heavy (non-hydrogen) atoms. The van der Waals surface area contributed by atoms with E-state index >= 15 is 0 Å². The fraction of sp³-hybridized carbons (Fsp3) is 0.500. The van der Waals surface area contributed by atoms with Crippen LogP contribution >= 0.6 is 34.8 Å². The van der Waals surface area contributed by atoms with Gasteiger partial charge in [0.15, 0.2) is 0 Å². The van der Waals surface area contributed by atoms with Crippen molar-refractivity contribution in [3.63, 3.8) is 0 Å². The number of hydrogen-bond acceptors (Lipinski definition) is 4. The van der Waals surface area contributed by atoms with Crippen LogP contribution in [-0.2, 0) is 9.53 Å². The molecule has 0 bridgehead atoms. The maximum Gasteiger partial charge on any atom is 0.411 e. The van der Waals surface area contributed by atoms with Crippen LogP contribution in [0.4, 0.5) is 4.79 Å². The van der Waals surface area contributed by atoms with Gasteiger partial charge in [-0.05, 0) is 26.8 Å². The van der Waals surface area contributed by atoms with E-state index in [2.05, 4.69) is 0 Å². The minimum Gasteiger partial charge on any atom is -0.487 e. The number of rotatable bonds is 3. The molecule has 2 rings (SSSR count). The number of carboxylic acids is 1. The van der Waals surface area contributed by atoms with Crippen molar-refractivity contribution < 1.29 is 24.2 Å². The molecule has 1 amide bonds. The van der Waals surface area contributed by atoms with E-state index in [-0.39, 0.29) is 33.8 Å². The molecule has 1 aromatic carbocycles. The van der Waals surface area contributed by atoms with Crippen molar-refractivity contribution in [3.8, 4) is 5.75 Å². The molecule has 6 nitrogen and oxygen atoms in total. The van der Waals surface area contributed by atoms with Gasteiger partial charge in [0.2, 0.25) is 0 Å². The third kappa shape index (κ3) is 5.06. The van der Waals surface area contributed by atoms with Gasteiger partial charge < -0.3 is 14.6 Å². The molecule has 1 fully saturated rings. The van der Waals surface area contributed by atoms with Crippen molar-refractivity contribution in [2.24, 2.45) is 0 Å². The largest absolute Gasteiger partial charge is 0.487 e. The second-order valence-corrected chi connectivity index (χ2v) is 7.88. The van der Waals surface area contributed by atoms with Crippen molar-refractivity contribution in [1.29, 1.82) is 0 Å². The Morgan fingerprint density at radius 2 is 1.76 bits per heavy atom. The van der Waals surface area contributed by atoms with Crippen LogP contribution in [0.3, 0.4) is 0 Å². The number of halogens is 3. The summed E-state index contributed by atoms with van der Waals surface area (Å²) >= 11 is 17.9. The molecular formula is C16H18Cl3NO5. The number of aliphatic carboxylic acids is 1. The van der Waals surface area contributed by atoms with Gasteiger partial charge in [-0.15, -0.1) is 0 Å². The maximum atomic E-state index is 12.3. The lowest BCUT2D eigenvalue weighted by atomic mass is 10.2. The minimum absolute atomic E-state index is 0.0580. The molecule has 0 saturated carbocycles. The van der Waals surface area contributed by atoms with Crippen LogP contribution in [0.2, 0.25) is 15.1 Å². The maximum absolute atomic E-state index is 12.3. The lowest BCUT2D eigenvalue weighted by Gasteiger charge is -2.26. The molecule has 9 heteroatoms. The van der Waals surface area contributed by atoms with Gasteiger partial charge in [0, 0.05) is 12.5 Å². The van der Waals surface area contributed by atoms with Gasteiger partial charge in [0.1, 0.15) is 23.5 Å². The van der Waals surface area contributed by atoms with Crippen LogP contribution < -0.4 is 4.74 Å². The number of carbonyl (C=O) groups excluding carboxylic acids is 1. The van der Waals surface area contributed by atoms with Crippen molar-refractivity contribution in [3.05, 3.63) is 27.2 Å². The first-order chi connectivity index (χ1) is 11.5. The van der Waals surface area contributed by atoms with Crippen molar-refractivity contribution in [2.75, 3.05) is 6.54 Å². The molecule has 0 aliphatic carbocycles. The van der Waals surface area contributed by atoms with Crippen molar-refractivity contribution in [2.45, 2.75) is 44.9 Å². The first-order valence-electron chi connectivity index (χ1n) is 7.51. The average Bonchev–Trinajstić information content (AvgIpc) is 2.87. The molecular weight excluding hydrogens is 393 g/mol. The number of amides is 1. The molecule has 1 N–H and O–H groups in total. The van der Waals surface area contributed by atoms with E-state index in [0.29, 0.717) is 0 Å². The summed E-state index contributed by atoms with van der Waals surface area (Å²) in [5.41, 5.74) is -0.730. The molecule has 0 spiro atoms. The predicted octanol–water partition coefficient (Wildman–Crippen LogP) is 4.49. The van der Waals surface area contributed by atoms with Crippen LogP contribution in [0.15, 0.2) is 12.1 Å². The fourth-order valence-corrected chi connectivity index (χ4v) is 2.99. The Bertz CT molecular complexity index is 689. The topological polar surface area (TPSA) is 76.1 Å². The predicted molar refractivity (Wildman–Crippen MR) is 94.9 cm³/mol. The van der Waals surface area contributed by atoms with E-state index < -0.39 is 29.8 Å². The second kappa shape index (κ2) is 7.48. The van der Waals surface area contributed by atoms with Gasteiger partial charge in [-0.2, -0.15) is 0 Å². The summed E-state index contributed by atoms with van der Waals surface area (Å²) in [6, 6.07) is 1.86. The third-order valence-electron chi connectivity index (χ3n) is 3.44. The fourth-order valence-electron chi connectivity index (χ4n) is 2.41. The number of ether oxygens (including phenoxy) is 2. The van der Waals surface area contributed by atoms with Crippen LogP contribution in [0.1, 0.15) is 27.2 Å². The SMILES string of the molecule is CC(C)(C)OC(=O)N1C[C@H](Oc2cc(Cl)c(Cl)cc2Cl)C[C@H]1C(=O)O. The Hall–Kier alpha value is -1.37. The normalized spacial score (nSPS) is 20.5. The average molecular weight is 411 g/mol. The summed E-state index contributed by atoms with van der Waals surface area (Å²) in [6.45, 7) is 5.18. The highest BCUT2D eigenvalue weighted by Gasteiger charge is 2.42. The third-order valence-corrected chi connectivity index (χ3v) is 4.46. The number of hydrogen-bond donors (Lipinski definition) is 1. The zero-order valence-corrected chi connectivity index (χ0v) is 16.2. The summed E-state index contributed by atoms with van der Waals surface area (Å²) in [7, 11) is 0. The summed E-state index contributed by atoms with van der Waals surface area (Å²) < 4.78 is 11.0. The van der Waals surface area contributed by atoms with Crippen LogP contribution in [0.25, 0.3) is 0 Å². The smallest absolute Gasteiger partial charge is 0.411 e. The Kier molecular flexibility index (Phi) is 5.97. The molecule has 2 atom stereocenters. The van der Waals surface area contributed by atoms with Crippen LogP contribution in [0.5, 0.6) is 5.75 Å². The second-order valence-electron chi connectivity index (χ2n) is 6.66. The summed E-state index contributed by atoms with van der Waals surface area (Å²) in [5, 5.41) is 10.2. The lowest BCUT2D eigenvalue weighted by Crippen LogP contribution is -2.43. The summed E-state index contributed by atoms with van der Waals surface area (Å²) in [4.78, 5) is 24.9. The van der Waals surface area contributed by atoms with Gasteiger partial charge in [0.05, 0.1) is 21.6 Å². The highest BCUT2D eigenvalue weighted by Crippen LogP contribution is 2.36. The van der Waals surface area contributed by atoms with E-state index in [1.807, 2.05) is 0 Å². The highest BCUT2D eigenvalue weighted by atomic mass is 35.5. The molecule has 1 aliphatic heterocycles. The van der Waals surface area contributed by atoms with Crippen molar-refractivity contribution >= 4 is 46.9 Å². The number of nitrogens with zero attached hydrogens (tertiary/aromatic N) is 1. The molecule has 1 saturated heterocycles. The number of likely N-dealkylation sites (tertiary alicyclic amines) is 1. The number of carbonyl (C=O) groups is 2. The standard InChI is InChI=1S/C16H18Cl3NO5/c1-16(2,3)25-15(23)20-7-8(4-12(20)14(21)22)24-13-6-10(18)9(17)5-11(13)19/h5-6,8,12H,4,7H2,1-3H3,(H,21,22)/t8-,12+/m1/s1. The number of carboxylic acid groups (broad SMARTS) is 1. The monoisotopic (exact) mass is 409 g/mol. The zero-order chi connectivity index (χ0) is 18.9. The van der Waals surface area contributed by atoms with Gasteiger partial charge >= 0.3 is 12.1 Å². The molecule has 1 aromatic rings. The Balaban J connectivity index is 2.15. The molecule has 0 unspecified atom stereocenters. The molecule has 0 radical (unpaired) electrons. The summed E-state index contributed by atoms with van der Waals surface area (Å²) in [6.07, 6.45) is -1.17. The first kappa shape index (κ1) is 19.9. The minimum atomic E-state index is -1.13. The van der Waals surface area contributed by atoms with Gasteiger partial charge in [-0.25, -0.2) is 9.59 Å². The Morgan fingerprint density at radius 1 is 1.16 bits per heavy atom. The van der Waals surface area contributed by atoms with E-state index in [9.17, 15) is 14.7 Å². The van der Waals surface area contributed by atoms with Gasteiger partial charge in [-0.1, -0.05) is 34.8 Å². The van der Waals surface area contributed by atoms with Gasteiger partial charge in [0.25, 0.3) is 0 Å². The zero-order valence-electron chi connectivity index (χ0n) is 13.9. The van der Waals surface area contributed by atoms with Crippen LogP contribution in [0, 0.1) is 0 Å². The molecule has 0 aromatic heterocycles. The van der Waals surface area contributed by atoms with E-state index in [1.54, 1.807) is 20.8 Å². The van der Waals surface area contributed by atoms with Gasteiger partial charge in [-0.3, -0.25) is 4.90 Å². The first-order valence-corrected chi connectivity index (χ1v) is 8.65. The number of benzene rings is 1. The lowest BCUT2D eigenvalue weighted by molar-refractivity contribution is -0.142. The molecule has 1 aliphatic rings. The van der Waals surface area contributed by atoms with Crippen molar-refractivity contribution in [1.82, 2.24) is 4.90 Å². The quantitative estimate of drug-likeness (QED) is 0.743. The Labute approximate surface area is 160 Å².